The summed E-state index contributed by atoms with van der Waals surface area (Å²) in [4.78, 5) is 14.4. The monoisotopic (exact) mass is 300 g/mol. The quantitative estimate of drug-likeness (QED) is 0.773. The second-order valence-electron chi connectivity index (χ2n) is 5.37. The van der Waals surface area contributed by atoms with Crippen LogP contribution in [0, 0.1) is 5.92 Å². The van der Waals surface area contributed by atoms with E-state index < -0.39 is 0 Å². The lowest BCUT2D eigenvalue weighted by molar-refractivity contribution is 0.593. The number of fused-ring (bicyclic) bond motifs is 1. The van der Waals surface area contributed by atoms with E-state index >= 15 is 0 Å². The van der Waals surface area contributed by atoms with Gasteiger partial charge in [0.15, 0.2) is 4.96 Å². The molecule has 0 aromatic carbocycles. The highest BCUT2D eigenvalue weighted by Crippen LogP contribution is 2.22. The van der Waals surface area contributed by atoms with Crippen molar-refractivity contribution in [2.24, 2.45) is 5.92 Å². The molecule has 0 aliphatic carbocycles. The molecule has 0 spiro atoms. The van der Waals surface area contributed by atoms with Gasteiger partial charge in [-0.05, 0) is 12.5 Å². The van der Waals surface area contributed by atoms with Crippen LogP contribution in [0.5, 0.6) is 0 Å². The van der Waals surface area contributed by atoms with Crippen molar-refractivity contribution in [1.29, 1.82) is 0 Å². The first-order valence-electron chi connectivity index (χ1n) is 7.01. The standard InChI is InChI=1S/C14H16N6S/c1-9-4-15-5-10(9)18-13-8-16-6-11(19-13)12-7-17-14-20(12)2-3-21-14/h2-3,6-10,15H,4-5H2,1H3,(H,18,19)/t9-,10+/m1/s1. The Balaban J connectivity index is 1.65. The Morgan fingerprint density at radius 3 is 3.14 bits per heavy atom. The Labute approximate surface area is 126 Å². The molecule has 6 nitrogen and oxygen atoms in total. The number of nitrogens with zero attached hydrogens (tertiary/aromatic N) is 4. The third kappa shape index (κ3) is 2.28. The molecule has 1 aliphatic rings. The number of rotatable bonds is 3. The molecule has 0 bridgehead atoms. The summed E-state index contributed by atoms with van der Waals surface area (Å²) < 4.78 is 2.04. The van der Waals surface area contributed by atoms with Crippen LogP contribution in [0.2, 0.25) is 0 Å². The highest BCUT2D eigenvalue weighted by Gasteiger charge is 2.23. The van der Waals surface area contributed by atoms with Crippen molar-refractivity contribution in [1.82, 2.24) is 24.7 Å². The molecule has 1 fully saturated rings. The lowest BCUT2D eigenvalue weighted by atomic mass is 10.1. The normalized spacial score (nSPS) is 22.0. The van der Waals surface area contributed by atoms with Crippen LogP contribution in [-0.2, 0) is 0 Å². The Kier molecular flexibility index (Phi) is 3.08. The zero-order valence-electron chi connectivity index (χ0n) is 11.7. The summed E-state index contributed by atoms with van der Waals surface area (Å²) >= 11 is 1.61. The maximum absolute atomic E-state index is 4.69. The van der Waals surface area contributed by atoms with E-state index in [0.717, 1.165) is 35.3 Å². The van der Waals surface area contributed by atoms with E-state index in [1.54, 1.807) is 23.7 Å². The summed E-state index contributed by atoms with van der Waals surface area (Å²) in [6, 6.07) is 0.404. The maximum Gasteiger partial charge on any atom is 0.194 e. The van der Waals surface area contributed by atoms with Gasteiger partial charge in [0.25, 0.3) is 0 Å². The van der Waals surface area contributed by atoms with Crippen LogP contribution in [0.4, 0.5) is 5.82 Å². The third-order valence-electron chi connectivity index (χ3n) is 3.89. The second-order valence-corrected chi connectivity index (χ2v) is 6.25. The predicted molar refractivity (Wildman–Crippen MR) is 83.5 cm³/mol. The van der Waals surface area contributed by atoms with Crippen molar-refractivity contribution >= 4 is 22.1 Å². The fraction of sp³-hybridized carbons (Fsp3) is 0.357. The van der Waals surface area contributed by atoms with Crippen LogP contribution >= 0.6 is 11.3 Å². The summed E-state index contributed by atoms with van der Waals surface area (Å²) in [6.07, 6.45) is 7.41. The molecule has 21 heavy (non-hydrogen) atoms. The zero-order chi connectivity index (χ0) is 14.2. The highest BCUT2D eigenvalue weighted by atomic mass is 32.1. The third-order valence-corrected chi connectivity index (χ3v) is 4.66. The predicted octanol–water partition coefficient (Wildman–Crippen LogP) is 1.87. The van der Waals surface area contributed by atoms with Gasteiger partial charge in [-0.1, -0.05) is 6.92 Å². The first kappa shape index (κ1) is 12.7. The van der Waals surface area contributed by atoms with Crippen molar-refractivity contribution < 1.29 is 0 Å². The van der Waals surface area contributed by atoms with Crippen LogP contribution in [0.15, 0.2) is 30.2 Å². The number of hydrogen-bond acceptors (Lipinski definition) is 6. The maximum atomic E-state index is 4.69. The van der Waals surface area contributed by atoms with E-state index in [1.165, 1.54) is 0 Å². The first-order valence-corrected chi connectivity index (χ1v) is 7.89. The van der Waals surface area contributed by atoms with Gasteiger partial charge in [-0.2, -0.15) is 0 Å². The van der Waals surface area contributed by atoms with E-state index in [4.69, 9.17) is 0 Å². The van der Waals surface area contributed by atoms with Crippen LogP contribution in [0.1, 0.15) is 6.92 Å². The zero-order valence-corrected chi connectivity index (χ0v) is 12.5. The molecule has 2 atom stereocenters. The number of imidazole rings is 1. The van der Waals surface area contributed by atoms with Gasteiger partial charge in [-0.15, -0.1) is 11.3 Å². The molecule has 108 valence electrons. The molecule has 7 heteroatoms. The summed E-state index contributed by atoms with van der Waals surface area (Å²) in [7, 11) is 0. The fourth-order valence-corrected chi connectivity index (χ4v) is 3.36. The number of anilines is 1. The van der Waals surface area contributed by atoms with Crippen molar-refractivity contribution in [2.75, 3.05) is 18.4 Å². The van der Waals surface area contributed by atoms with Crippen molar-refractivity contribution in [3.63, 3.8) is 0 Å². The van der Waals surface area contributed by atoms with E-state index in [1.807, 2.05) is 22.2 Å². The lowest BCUT2D eigenvalue weighted by Gasteiger charge is -2.16. The molecule has 2 N–H and O–H groups in total. The minimum absolute atomic E-state index is 0.404. The largest absolute Gasteiger partial charge is 0.364 e. The molecule has 0 radical (unpaired) electrons. The summed E-state index contributed by atoms with van der Waals surface area (Å²) in [5.74, 6) is 1.41. The lowest BCUT2D eigenvalue weighted by Crippen LogP contribution is -2.27. The van der Waals surface area contributed by atoms with Gasteiger partial charge < -0.3 is 10.6 Å². The van der Waals surface area contributed by atoms with Gasteiger partial charge in [-0.25, -0.2) is 9.97 Å². The molecule has 4 rings (SSSR count). The Bertz CT molecular complexity index is 764. The molecular formula is C14H16N6S. The van der Waals surface area contributed by atoms with Crippen molar-refractivity contribution in [3.05, 3.63) is 30.2 Å². The number of hydrogen-bond donors (Lipinski definition) is 2. The van der Waals surface area contributed by atoms with Gasteiger partial charge in [-0.3, -0.25) is 9.38 Å². The molecule has 0 amide bonds. The topological polar surface area (TPSA) is 67.1 Å². The van der Waals surface area contributed by atoms with E-state index in [-0.39, 0.29) is 0 Å². The summed E-state index contributed by atoms with van der Waals surface area (Å²) in [6.45, 7) is 4.25. The second kappa shape index (κ2) is 5.09. The molecule has 3 aromatic rings. The summed E-state index contributed by atoms with van der Waals surface area (Å²) in [5, 5.41) is 8.87. The molecular weight excluding hydrogens is 284 g/mol. The average Bonchev–Trinajstić information content (AvgIpc) is 3.17. The first-order chi connectivity index (χ1) is 10.3. The van der Waals surface area contributed by atoms with Crippen LogP contribution in [-0.4, -0.2) is 38.5 Å². The van der Waals surface area contributed by atoms with Crippen LogP contribution in [0.25, 0.3) is 16.3 Å². The Morgan fingerprint density at radius 2 is 2.29 bits per heavy atom. The highest BCUT2D eigenvalue weighted by molar-refractivity contribution is 7.15. The molecule has 1 saturated heterocycles. The van der Waals surface area contributed by atoms with Crippen LogP contribution < -0.4 is 10.6 Å². The molecule has 0 unspecified atom stereocenters. The molecule has 4 heterocycles. The van der Waals surface area contributed by atoms with E-state index in [2.05, 4.69) is 32.5 Å². The minimum atomic E-state index is 0.404. The van der Waals surface area contributed by atoms with Crippen molar-refractivity contribution in [2.45, 2.75) is 13.0 Å². The Hall–Kier alpha value is -1.99. The van der Waals surface area contributed by atoms with Gasteiger partial charge >= 0.3 is 0 Å². The van der Waals surface area contributed by atoms with Gasteiger partial charge in [0.05, 0.1) is 24.3 Å². The molecule has 1 aliphatic heterocycles. The van der Waals surface area contributed by atoms with Gasteiger partial charge in [0.1, 0.15) is 11.5 Å². The fourth-order valence-electron chi connectivity index (χ4n) is 2.67. The smallest absolute Gasteiger partial charge is 0.194 e. The number of aromatic nitrogens is 4. The Morgan fingerprint density at radius 1 is 1.33 bits per heavy atom. The van der Waals surface area contributed by atoms with E-state index in [0.29, 0.717) is 12.0 Å². The molecule has 3 aromatic heterocycles. The SMILES string of the molecule is C[C@@H]1CNC[C@@H]1Nc1cncc(-c2cnc3sccn23)n1. The van der Waals surface area contributed by atoms with Crippen molar-refractivity contribution in [3.8, 4) is 11.4 Å². The van der Waals surface area contributed by atoms with E-state index in [9.17, 15) is 0 Å². The molecule has 0 saturated carbocycles. The van der Waals surface area contributed by atoms with Crippen LogP contribution in [0.3, 0.4) is 0 Å². The minimum Gasteiger partial charge on any atom is -0.364 e. The number of thiazole rings is 1. The van der Waals surface area contributed by atoms with Gasteiger partial charge in [0, 0.05) is 24.2 Å². The number of nitrogens with one attached hydrogen (secondary N) is 2. The van der Waals surface area contributed by atoms with Gasteiger partial charge in [0.2, 0.25) is 0 Å². The average molecular weight is 300 g/mol. The summed E-state index contributed by atoms with van der Waals surface area (Å²) in [5.41, 5.74) is 1.81.